The van der Waals surface area contributed by atoms with E-state index < -0.39 is 5.92 Å². The van der Waals surface area contributed by atoms with E-state index >= 15 is 0 Å². The Morgan fingerprint density at radius 2 is 1.96 bits per heavy atom. The van der Waals surface area contributed by atoms with Gasteiger partial charge in [-0.3, -0.25) is 9.59 Å². The maximum absolute atomic E-state index is 13.0. The highest BCUT2D eigenvalue weighted by Crippen LogP contribution is 2.25. The number of hydrogen-bond donors (Lipinski definition) is 1. The standard InChI is InChI=1S/C20H21FN2O3/c1-14-4-2-3-5-18(14)26-11-10-22-20(25)15-12-19(24)23(13-15)17-8-6-16(21)7-9-17/h2-9,15H,10-13H2,1H3,(H,22,25)/t15-/m0/s1. The molecule has 1 N–H and O–H groups in total. The zero-order valence-corrected chi connectivity index (χ0v) is 14.6. The van der Waals surface area contributed by atoms with Gasteiger partial charge in [-0.15, -0.1) is 0 Å². The van der Waals surface area contributed by atoms with Gasteiger partial charge in [0.2, 0.25) is 11.8 Å². The number of ether oxygens (including phenoxy) is 1. The molecule has 1 atom stereocenters. The van der Waals surface area contributed by atoms with E-state index in [0.29, 0.717) is 25.4 Å². The maximum Gasteiger partial charge on any atom is 0.227 e. The number of nitrogens with zero attached hydrogens (tertiary/aromatic N) is 1. The Balaban J connectivity index is 1.47. The number of halogens is 1. The van der Waals surface area contributed by atoms with Crippen LogP contribution in [0.15, 0.2) is 48.5 Å². The summed E-state index contributed by atoms with van der Waals surface area (Å²) in [6.07, 6.45) is 0.155. The lowest BCUT2D eigenvalue weighted by molar-refractivity contribution is -0.126. The van der Waals surface area contributed by atoms with Crippen molar-refractivity contribution in [3.8, 4) is 5.75 Å². The molecule has 0 unspecified atom stereocenters. The fourth-order valence-electron chi connectivity index (χ4n) is 2.95. The Bertz CT molecular complexity index is 792. The minimum atomic E-state index is -0.411. The smallest absolute Gasteiger partial charge is 0.227 e. The first-order valence-electron chi connectivity index (χ1n) is 8.56. The Labute approximate surface area is 151 Å². The van der Waals surface area contributed by atoms with E-state index in [2.05, 4.69) is 5.32 Å². The van der Waals surface area contributed by atoms with Gasteiger partial charge in [0, 0.05) is 18.7 Å². The van der Waals surface area contributed by atoms with Crippen LogP contribution >= 0.6 is 0 Å². The molecule has 0 aliphatic carbocycles. The summed E-state index contributed by atoms with van der Waals surface area (Å²) in [5.74, 6) is -0.279. The number of amides is 2. The predicted molar refractivity (Wildman–Crippen MR) is 96.5 cm³/mol. The molecule has 3 rings (SSSR count). The number of para-hydroxylation sites is 1. The summed E-state index contributed by atoms with van der Waals surface area (Å²) in [6.45, 7) is 2.99. The number of hydrogen-bond acceptors (Lipinski definition) is 3. The molecule has 6 heteroatoms. The second-order valence-corrected chi connectivity index (χ2v) is 6.29. The van der Waals surface area contributed by atoms with Gasteiger partial charge in [-0.1, -0.05) is 18.2 Å². The molecule has 1 fully saturated rings. The van der Waals surface area contributed by atoms with Crippen molar-refractivity contribution in [3.05, 3.63) is 59.9 Å². The zero-order chi connectivity index (χ0) is 18.5. The third kappa shape index (κ3) is 4.20. The lowest BCUT2D eigenvalue weighted by atomic mass is 10.1. The fourth-order valence-corrected chi connectivity index (χ4v) is 2.95. The maximum atomic E-state index is 13.0. The molecule has 1 saturated heterocycles. The average molecular weight is 356 g/mol. The number of anilines is 1. The van der Waals surface area contributed by atoms with Crippen molar-refractivity contribution in [1.29, 1.82) is 0 Å². The first-order chi connectivity index (χ1) is 12.5. The molecular weight excluding hydrogens is 335 g/mol. The van der Waals surface area contributed by atoms with Crippen molar-refractivity contribution < 1.29 is 18.7 Å². The van der Waals surface area contributed by atoms with Gasteiger partial charge in [0.05, 0.1) is 12.5 Å². The van der Waals surface area contributed by atoms with Gasteiger partial charge in [-0.05, 0) is 42.8 Å². The van der Waals surface area contributed by atoms with E-state index in [9.17, 15) is 14.0 Å². The molecule has 2 amide bonds. The van der Waals surface area contributed by atoms with E-state index in [1.165, 1.54) is 17.0 Å². The van der Waals surface area contributed by atoms with E-state index in [-0.39, 0.29) is 24.1 Å². The minimum absolute atomic E-state index is 0.132. The molecule has 1 heterocycles. The van der Waals surface area contributed by atoms with Gasteiger partial charge in [0.25, 0.3) is 0 Å². The topological polar surface area (TPSA) is 58.6 Å². The van der Waals surface area contributed by atoms with Gasteiger partial charge in [0.1, 0.15) is 18.2 Å². The average Bonchev–Trinajstić information content (AvgIpc) is 3.02. The van der Waals surface area contributed by atoms with Gasteiger partial charge in [-0.2, -0.15) is 0 Å². The van der Waals surface area contributed by atoms with Crippen LogP contribution in [0.2, 0.25) is 0 Å². The summed E-state index contributed by atoms with van der Waals surface area (Å²) >= 11 is 0. The highest BCUT2D eigenvalue weighted by Gasteiger charge is 2.34. The Morgan fingerprint density at radius 3 is 2.69 bits per heavy atom. The molecule has 1 aliphatic rings. The van der Waals surface area contributed by atoms with Crippen LogP contribution in [0.4, 0.5) is 10.1 Å². The highest BCUT2D eigenvalue weighted by molar-refractivity contribution is 6.00. The number of aryl methyl sites for hydroxylation is 1. The van der Waals surface area contributed by atoms with Crippen LogP contribution in [-0.4, -0.2) is 31.5 Å². The third-order valence-corrected chi connectivity index (χ3v) is 4.39. The predicted octanol–water partition coefficient (Wildman–Crippen LogP) is 2.68. The summed E-state index contributed by atoms with van der Waals surface area (Å²) < 4.78 is 18.7. The van der Waals surface area contributed by atoms with Crippen LogP contribution in [-0.2, 0) is 9.59 Å². The molecule has 0 radical (unpaired) electrons. The third-order valence-electron chi connectivity index (χ3n) is 4.39. The van der Waals surface area contributed by atoms with E-state index in [1.807, 2.05) is 31.2 Å². The van der Waals surface area contributed by atoms with Gasteiger partial charge >= 0.3 is 0 Å². The van der Waals surface area contributed by atoms with Crippen LogP contribution in [0.3, 0.4) is 0 Å². The number of carbonyl (C=O) groups is 2. The number of nitrogens with one attached hydrogen (secondary N) is 1. The van der Waals surface area contributed by atoms with Gasteiger partial charge in [0.15, 0.2) is 0 Å². The van der Waals surface area contributed by atoms with Crippen molar-refractivity contribution in [2.75, 3.05) is 24.6 Å². The second-order valence-electron chi connectivity index (χ2n) is 6.29. The zero-order valence-electron chi connectivity index (χ0n) is 14.6. The summed E-state index contributed by atoms with van der Waals surface area (Å²) in [6, 6.07) is 13.4. The summed E-state index contributed by atoms with van der Waals surface area (Å²) in [5, 5.41) is 2.81. The fraction of sp³-hybridized carbons (Fsp3) is 0.300. The Morgan fingerprint density at radius 1 is 1.23 bits per heavy atom. The molecule has 2 aromatic rings. The van der Waals surface area contributed by atoms with E-state index in [1.54, 1.807) is 12.1 Å². The molecule has 26 heavy (non-hydrogen) atoms. The van der Waals surface area contributed by atoms with Gasteiger partial charge < -0.3 is 15.0 Å². The molecular formula is C20H21FN2O3. The van der Waals surface area contributed by atoms with Crippen LogP contribution < -0.4 is 15.0 Å². The summed E-state index contributed by atoms with van der Waals surface area (Å²) in [7, 11) is 0. The molecule has 136 valence electrons. The number of rotatable bonds is 6. The summed E-state index contributed by atoms with van der Waals surface area (Å²) in [5.41, 5.74) is 1.64. The SMILES string of the molecule is Cc1ccccc1OCCNC(=O)[C@H]1CC(=O)N(c2ccc(F)cc2)C1. The Kier molecular flexibility index (Phi) is 5.51. The molecule has 1 aliphatic heterocycles. The lowest BCUT2D eigenvalue weighted by Crippen LogP contribution is -2.35. The van der Waals surface area contributed by atoms with Crippen LogP contribution in [0.25, 0.3) is 0 Å². The molecule has 0 saturated carbocycles. The first-order valence-corrected chi connectivity index (χ1v) is 8.56. The molecule has 0 bridgehead atoms. The first kappa shape index (κ1) is 17.9. The molecule has 2 aromatic carbocycles. The Hall–Kier alpha value is -2.89. The molecule has 0 aromatic heterocycles. The van der Waals surface area contributed by atoms with Crippen molar-refractivity contribution in [3.63, 3.8) is 0 Å². The van der Waals surface area contributed by atoms with Gasteiger partial charge in [-0.25, -0.2) is 4.39 Å². The normalized spacial score (nSPS) is 16.6. The quantitative estimate of drug-likeness (QED) is 0.810. The lowest BCUT2D eigenvalue weighted by Gasteiger charge is -2.16. The van der Waals surface area contributed by atoms with Crippen molar-refractivity contribution in [2.24, 2.45) is 5.92 Å². The monoisotopic (exact) mass is 356 g/mol. The minimum Gasteiger partial charge on any atom is -0.491 e. The summed E-state index contributed by atoms with van der Waals surface area (Å²) in [4.78, 5) is 26.0. The van der Waals surface area contributed by atoms with Crippen molar-refractivity contribution >= 4 is 17.5 Å². The van der Waals surface area contributed by atoms with Crippen LogP contribution in [0, 0.1) is 18.7 Å². The van der Waals surface area contributed by atoms with E-state index in [0.717, 1.165) is 11.3 Å². The van der Waals surface area contributed by atoms with Crippen LogP contribution in [0.1, 0.15) is 12.0 Å². The van der Waals surface area contributed by atoms with Crippen LogP contribution in [0.5, 0.6) is 5.75 Å². The largest absolute Gasteiger partial charge is 0.491 e. The second kappa shape index (κ2) is 7.99. The van der Waals surface area contributed by atoms with E-state index in [4.69, 9.17) is 4.74 Å². The molecule has 0 spiro atoms. The highest BCUT2D eigenvalue weighted by atomic mass is 19.1. The van der Waals surface area contributed by atoms with Crippen molar-refractivity contribution in [2.45, 2.75) is 13.3 Å². The molecule has 5 nitrogen and oxygen atoms in total. The number of carbonyl (C=O) groups excluding carboxylic acids is 2. The van der Waals surface area contributed by atoms with Crippen molar-refractivity contribution in [1.82, 2.24) is 5.32 Å². The number of benzene rings is 2.